The summed E-state index contributed by atoms with van der Waals surface area (Å²) < 4.78 is 0. The highest BCUT2D eigenvalue weighted by Gasteiger charge is 2.47. The molecule has 4 rings (SSSR count). The number of amides is 3. The molecule has 1 unspecified atom stereocenters. The summed E-state index contributed by atoms with van der Waals surface area (Å²) in [7, 11) is 0. The monoisotopic (exact) mass is 361 g/mol. The lowest BCUT2D eigenvalue weighted by Gasteiger charge is -2.48. The highest BCUT2D eigenvalue weighted by molar-refractivity contribution is 5.90. The number of likely N-dealkylation sites (tertiary alicyclic amines) is 3. The Morgan fingerprint density at radius 3 is 2.23 bits per heavy atom. The van der Waals surface area contributed by atoms with Gasteiger partial charge in [-0.2, -0.15) is 0 Å². The summed E-state index contributed by atoms with van der Waals surface area (Å²) in [5.41, 5.74) is -0.202. The molecule has 0 N–H and O–H groups in total. The standard InChI is InChI=1S/C20H31N3O3/c1-20(7-3-2-4-8-20)19(26)22-13-16(14-22)23-12-15(11-17(23)24)18(25)21-9-5-6-10-21/h15-16H,2-14H2,1H3. The average Bonchev–Trinajstić information content (AvgIpc) is 3.24. The molecule has 3 saturated heterocycles. The summed E-state index contributed by atoms with van der Waals surface area (Å²) in [5.74, 6) is 0.329. The quantitative estimate of drug-likeness (QED) is 0.768. The first-order valence-electron chi connectivity index (χ1n) is 10.4. The Morgan fingerprint density at radius 2 is 1.58 bits per heavy atom. The van der Waals surface area contributed by atoms with E-state index in [1.165, 1.54) is 6.42 Å². The fraction of sp³-hybridized carbons (Fsp3) is 0.850. The minimum atomic E-state index is -0.202. The predicted octanol–water partition coefficient (Wildman–Crippen LogP) is 1.64. The first-order chi connectivity index (χ1) is 12.5. The van der Waals surface area contributed by atoms with Gasteiger partial charge >= 0.3 is 0 Å². The second kappa shape index (κ2) is 6.86. The zero-order valence-electron chi connectivity index (χ0n) is 15.9. The number of hydrogen-bond donors (Lipinski definition) is 0. The molecule has 0 aromatic rings. The van der Waals surface area contributed by atoms with Crippen molar-refractivity contribution >= 4 is 17.7 Å². The van der Waals surface area contributed by atoms with Gasteiger partial charge in [-0.15, -0.1) is 0 Å². The smallest absolute Gasteiger partial charge is 0.228 e. The van der Waals surface area contributed by atoms with Crippen molar-refractivity contribution in [1.82, 2.24) is 14.7 Å². The Bertz CT molecular complexity index is 587. The SMILES string of the molecule is CC1(C(=O)N2CC(N3CC(C(=O)N4CCCC4)CC3=O)C2)CCCCC1. The summed E-state index contributed by atoms with van der Waals surface area (Å²) in [6.07, 6.45) is 8.00. The first-order valence-corrected chi connectivity index (χ1v) is 10.4. The second-order valence-electron chi connectivity index (χ2n) is 8.96. The first kappa shape index (κ1) is 17.8. The zero-order valence-corrected chi connectivity index (χ0v) is 15.9. The Balaban J connectivity index is 1.30. The van der Waals surface area contributed by atoms with Crippen molar-refractivity contribution in [3.63, 3.8) is 0 Å². The molecule has 0 aromatic carbocycles. The van der Waals surface area contributed by atoms with Crippen molar-refractivity contribution in [2.24, 2.45) is 11.3 Å². The van der Waals surface area contributed by atoms with E-state index < -0.39 is 0 Å². The van der Waals surface area contributed by atoms with Crippen molar-refractivity contribution in [3.05, 3.63) is 0 Å². The normalized spacial score (nSPS) is 29.2. The van der Waals surface area contributed by atoms with Crippen molar-refractivity contribution in [1.29, 1.82) is 0 Å². The third kappa shape index (κ3) is 3.12. The molecule has 0 aromatic heterocycles. The number of carbonyl (C=O) groups excluding carboxylic acids is 3. The molecule has 0 spiro atoms. The molecule has 1 atom stereocenters. The maximum absolute atomic E-state index is 12.9. The molecule has 1 aliphatic carbocycles. The minimum Gasteiger partial charge on any atom is -0.342 e. The van der Waals surface area contributed by atoms with Crippen LogP contribution in [0.1, 0.15) is 58.3 Å². The number of nitrogens with zero attached hydrogens (tertiary/aromatic N) is 3. The topological polar surface area (TPSA) is 60.9 Å². The van der Waals surface area contributed by atoms with Crippen LogP contribution >= 0.6 is 0 Å². The van der Waals surface area contributed by atoms with Gasteiger partial charge in [-0.1, -0.05) is 26.2 Å². The van der Waals surface area contributed by atoms with Gasteiger partial charge in [-0.3, -0.25) is 14.4 Å². The van der Waals surface area contributed by atoms with Crippen molar-refractivity contribution in [2.45, 2.75) is 64.3 Å². The molecule has 3 aliphatic heterocycles. The predicted molar refractivity (Wildman–Crippen MR) is 97.2 cm³/mol. The summed E-state index contributed by atoms with van der Waals surface area (Å²) in [5, 5.41) is 0. The molecule has 4 aliphatic rings. The van der Waals surface area contributed by atoms with E-state index in [-0.39, 0.29) is 35.1 Å². The van der Waals surface area contributed by atoms with Gasteiger partial charge in [0, 0.05) is 44.6 Å². The molecule has 26 heavy (non-hydrogen) atoms. The van der Waals surface area contributed by atoms with E-state index >= 15 is 0 Å². The molecule has 0 radical (unpaired) electrons. The Hall–Kier alpha value is -1.59. The van der Waals surface area contributed by atoms with Crippen LogP contribution in [-0.4, -0.2) is 71.2 Å². The lowest BCUT2D eigenvalue weighted by molar-refractivity contribution is -0.153. The van der Waals surface area contributed by atoms with E-state index in [1.54, 1.807) is 0 Å². The van der Waals surface area contributed by atoms with Crippen LogP contribution in [0.2, 0.25) is 0 Å². The van der Waals surface area contributed by atoms with Crippen LogP contribution in [-0.2, 0) is 14.4 Å². The summed E-state index contributed by atoms with van der Waals surface area (Å²) >= 11 is 0. The molecular weight excluding hydrogens is 330 g/mol. The molecule has 6 nitrogen and oxygen atoms in total. The van der Waals surface area contributed by atoms with E-state index in [0.29, 0.717) is 26.1 Å². The van der Waals surface area contributed by atoms with Gasteiger partial charge in [-0.25, -0.2) is 0 Å². The van der Waals surface area contributed by atoms with Crippen LogP contribution in [0.25, 0.3) is 0 Å². The minimum absolute atomic E-state index is 0.0866. The molecule has 3 amide bonds. The maximum Gasteiger partial charge on any atom is 0.228 e. The molecule has 0 bridgehead atoms. The van der Waals surface area contributed by atoms with Crippen molar-refractivity contribution in [2.75, 3.05) is 32.7 Å². The Kier molecular flexibility index (Phi) is 4.70. The van der Waals surface area contributed by atoms with Crippen LogP contribution in [0.3, 0.4) is 0 Å². The maximum atomic E-state index is 12.9. The highest BCUT2D eigenvalue weighted by Crippen LogP contribution is 2.39. The van der Waals surface area contributed by atoms with E-state index in [4.69, 9.17) is 0 Å². The number of carbonyl (C=O) groups is 3. The van der Waals surface area contributed by atoms with Gasteiger partial charge in [0.1, 0.15) is 0 Å². The molecule has 1 saturated carbocycles. The average molecular weight is 361 g/mol. The Labute approximate surface area is 155 Å². The van der Waals surface area contributed by atoms with Gasteiger partial charge < -0.3 is 14.7 Å². The second-order valence-corrected chi connectivity index (χ2v) is 8.96. The lowest BCUT2D eigenvalue weighted by Crippen LogP contribution is -2.63. The van der Waals surface area contributed by atoms with E-state index in [9.17, 15) is 14.4 Å². The van der Waals surface area contributed by atoms with Gasteiger partial charge in [0.2, 0.25) is 17.7 Å². The lowest BCUT2D eigenvalue weighted by atomic mass is 9.74. The van der Waals surface area contributed by atoms with E-state index in [0.717, 1.165) is 51.6 Å². The zero-order chi connectivity index (χ0) is 18.3. The number of rotatable bonds is 3. The largest absolute Gasteiger partial charge is 0.342 e. The van der Waals surface area contributed by atoms with Crippen LogP contribution in [0.4, 0.5) is 0 Å². The van der Waals surface area contributed by atoms with Crippen LogP contribution in [0, 0.1) is 11.3 Å². The van der Waals surface area contributed by atoms with Crippen molar-refractivity contribution in [3.8, 4) is 0 Å². The summed E-state index contributed by atoms with van der Waals surface area (Å²) in [6, 6.07) is 0.106. The Morgan fingerprint density at radius 1 is 0.923 bits per heavy atom. The van der Waals surface area contributed by atoms with Crippen LogP contribution in [0.5, 0.6) is 0 Å². The molecule has 3 heterocycles. The number of hydrogen-bond acceptors (Lipinski definition) is 3. The highest BCUT2D eigenvalue weighted by atomic mass is 16.2. The molecular formula is C20H31N3O3. The van der Waals surface area contributed by atoms with Crippen LogP contribution in [0.15, 0.2) is 0 Å². The molecule has 144 valence electrons. The fourth-order valence-corrected chi connectivity index (χ4v) is 5.19. The summed E-state index contributed by atoms with van der Waals surface area (Å²) in [4.78, 5) is 43.6. The van der Waals surface area contributed by atoms with Gasteiger partial charge in [0.15, 0.2) is 0 Å². The fourth-order valence-electron chi connectivity index (χ4n) is 5.19. The third-order valence-electron chi connectivity index (χ3n) is 6.99. The van der Waals surface area contributed by atoms with Crippen molar-refractivity contribution < 1.29 is 14.4 Å². The van der Waals surface area contributed by atoms with Gasteiger partial charge in [0.25, 0.3) is 0 Å². The third-order valence-corrected chi connectivity index (χ3v) is 6.99. The van der Waals surface area contributed by atoms with Gasteiger partial charge in [-0.05, 0) is 25.7 Å². The molecule has 4 fully saturated rings. The molecule has 6 heteroatoms. The van der Waals surface area contributed by atoms with Crippen LogP contribution < -0.4 is 0 Å². The van der Waals surface area contributed by atoms with E-state index in [1.807, 2.05) is 14.7 Å². The van der Waals surface area contributed by atoms with E-state index in [2.05, 4.69) is 6.92 Å². The summed E-state index contributed by atoms with van der Waals surface area (Å²) in [6.45, 7) is 5.61. The van der Waals surface area contributed by atoms with Gasteiger partial charge in [0.05, 0.1) is 12.0 Å².